The molecule has 0 aromatic carbocycles. The van der Waals surface area contributed by atoms with Crippen LogP contribution in [0.15, 0.2) is 12.2 Å². The van der Waals surface area contributed by atoms with Crippen molar-refractivity contribution in [3.05, 3.63) is 18.0 Å². The van der Waals surface area contributed by atoms with Gasteiger partial charge in [-0.3, -0.25) is 0 Å². The van der Waals surface area contributed by atoms with Gasteiger partial charge in [0.2, 0.25) is 5.13 Å². The first kappa shape index (κ1) is 10.2. The first-order valence-electron chi connectivity index (χ1n) is 4.31. The average Bonchev–Trinajstić information content (AvgIpc) is 2.48. The average molecular weight is 197 g/mol. The summed E-state index contributed by atoms with van der Waals surface area (Å²) in [6.45, 7) is 10.7. The fraction of sp³-hybridized carbons (Fsp3) is 0.556. The molecule has 0 fully saturated rings. The molecule has 1 rings (SSSR count). The summed E-state index contributed by atoms with van der Waals surface area (Å²) in [7, 11) is 0. The number of hydrogen-bond acceptors (Lipinski definition) is 4. The molecule has 72 valence electrons. The van der Waals surface area contributed by atoms with Gasteiger partial charge in [0.1, 0.15) is 5.82 Å². The first-order chi connectivity index (χ1) is 6.09. The highest BCUT2D eigenvalue weighted by molar-refractivity contribution is 7.09. The molecule has 0 radical (unpaired) electrons. The molecule has 1 N–H and O–H groups in total. The van der Waals surface area contributed by atoms with E-state index in [4.69, 9.17) is 0 Å². The molecule has 3 nitrogen and oxygen atoms in total. The van der Waals surface area contributed by atoms with E-state index in [-0.39, 0.29) is 0 Å². The molecule has 0 aliphatic heterocycles. The van der Waals surface area contributed by atoms with E-state index in [1.165, 1.54) is 11.5 Å². The Morgan fingerprint density at radius 1 is 1.62 bits per heavy atom. The summed E-state index contributed by atoms with van der Waals surface area (Å²) in [6.07, 6.45) is 0. The van der Waals surface area contributed by atoms with Crippen molar-refractivity contribution in [2.45, 2.75) is 26.7 Å². The van der Waals surface area contributed by atoms with Gasteiger partial charge in [-0.05, 0) is 6.92 Å². The summed E-state index contributed by atoms with van der Waals surface area (Å²) in [5.74, 6) is 1.31. The topological polar surface area (TPSA) is 37.8 Å². The Morgan fingerprint density at radius 2 is 2.31 bits per heavy atom. The van der Waals surface area contributed by atoms with Crippen molar-refractivity contribution in [2.24, 2.45) is 0 Å². The molecule has 0 aliphatic rings. The van der Waals surface area contributed by atoms with Gasteiger partial charge in [0.25, 0.3) is 0 Å². The van der Waals surface area contributed by atoms with Gasteiger partial charge in [-0.25, -0.2) is 4.98 Å². The molecule has 1 heterocycles. The second-order valence-corrected chi connectivity index (χ2v) is 4.17. The standard InChI is InChI=1S/C9H15N3S/c1-6(2)5-10-9-11-8(7(3)4)12-13-9/h7H,1,5H2,2-4H3,(H,10,11,12). The molecule has 0 bridgehead atoms. The van der Waals surface area contributed by atoms with Crippen LogP contribution in [0, 0.1) is 0 Å². The molecule has 4 heteroatoms. The number of aromatic nitrogens is 2. The first-order valence-corrected chi connectivity index (χ1v) is 5.08. The number of anilines is 1. The third-order valence-electron chi connectivity index (χ3n) is 1.50. The highest BCUT2D eigenvalue weighted by atomic mass is 32.1. The van der Waals surface area contributed by atoms with Gasteiger partial charge in [0.05, 0.1) is 0 Å². The van der Waals surface area contributed by atoms with Crippen LogP contribution < -0.4 is 5.32 Å². The summed E-state index contributed by atoms with van der Waals surface area (Å²) in [6, 6.07) is 0. The molecular weight excluding hydrogens is 182 g/mol. The monoisotopic (exact) mass is 197 g/mol. The lowest BCUT2D eigenvalue weighted by atomic mass is 10.2. The lowest BCUT2D eigenvalue weighted by Gasteiger charge is -1.99. The van der Waals surface area contributed by atoms with Crippen LogP contribution in [0.25, 0.3) is 0 Å². The molecule has 0 saturated carbocycles. The van der Waals surface area contributed by atoms with Crippen LogP contribution in [0.2, 0.25) is 0 Å². The summed E-state index contributed by atoms with van der Waals surface area (Å²) in [5.41, 5.74) is 1.10. The van der Waals surface area contributed by atoms with E-state index in [1.54, 1.807) is 0 Å². The molecule has 0 unspecified atom stereocenters. The molecule has 0 aliphatic carbocycles. The third kappa shape index (κ3) is 3.14. The second-order valence-electron chi connectivity index (χ2n) is 3.42. The van der Waals surface area contributed by atoms with Crippen LogP contribution >= 0.6 is 11.5 Å². The maximum absolute atomic E-state index is 4.34. The van der Waals surface area contributed by atoms with E-state index in [0.29, 0.717) is 5.92 Å². The molecule has 1 aromatic heterocycles. The summed E-state index contributed by atoms with van der Waals surface area (Å²) in [4.78, 5) is 4.34. The SMILES string of the molecule is C=C(C)CNc1nc(C(C)C)ns1. The molecule has 13 heavy (non-hydrogen) atoms. The largest absolute Gasteiger partial charge is 0.357 e. The minimum absolute atomic E-state index is 0.400. The fourth-order valence-corrected chi connectivity index (χ4v) is 1.47. The lowest BCUT2D eigenvalue weighted by Crippen LogP contribution is -2.01. The Bertz CT molecular complexity index is 291. The number of rotatable bonds is 4. The van der Waals surface area contributed by atoms with Gasteiger partial charge < -0.3 is 5.32 Å². The third-order valence-corrected chi connectivity index (χ3v) is 2.19. The quantitative estimate of drug-likeness (QED) is 0.754. The molecule has 0 amide bonds. The van der Waals surface area contributed by atoms with E-state index in [9.17, 15) is 0 Å². The van der Waals surface area contributed by atoms with Crippen LogP contribution in [-0.2, 0) is 0 Å². The minimum Gasteiger partial charge on any atom is -0.357 e. The van der Waals surface area contributed by atoms with Crippen LogP contribution in [0.1, 0.15) is 32.5 Å². The lowest BCUT2D eigenvalue weighted by molar-refractivity contribution is 0.799. The highest BCUT2D eigenvalue weighted by Crippen LogP contribution is 2.17. The van der Waals surface area contributed by atoms with Gasteiger partial charge in [-0.15, -0.1) is 0 Å². The zero-order valence-corrected chi connectivity index (χ0v) is 9.11. The Hall–Kier alpha value is -0.900. The molecular formula is C9H15N3S. The minimum atomic E-state index is 0.400. The predicted octanol–water partition coefficient (Wildman–Crippen LogP) is 2.65. The van der Waals surface area contributed by atoms with Crippen molar-refractivity contribution in [2.75, 3.05) is 11.9 Å². The Morgan fingerprint density at radius 3 is 2.77 bits per heavy atom. The van der Waals surface area contributed by atoms with Crippen LogP contribution in [-0.4, -0.2) is 15.9 Å². The summed E-state index contributed by atoms with van der Waals surface area (Å²) < 4.78 is 4.23. The number of hydrogen-bond donors (Lipinski definition) is 1. The number of nitrogens with one attached hydrogen (secondary N) is 1. The zero-order chi connectivity index (χ0) is 9.84. The van der Waals surface area contributed by atoms with Crippen molar-refractivity contribution in [1.82, 2.24) is 9.36 Å². The number of nitrogens with zero attached hydrogens (tertiary/aromatic N) is 2. The Labute approximate surface area is 83.1 Å². The maximum Gasteiger partial charge on any atom is 0.202 e. The second kappa shape index (κ2) is 4.37. The van der Waals surface area contributed by atoms with Gasteiger partial charge in [-0.1, -0.05) is 26.0 Å². The van der Waals surface area contributed by atoms with E-state index < -0.39 is 0 Å². The van der Waals surface area contributed by atoms with Crippen molar-refractivity contribution < 1.29 is 0 Å². The molecule has 1 aromatic rings. The molecule has 0 atom stereocenters. The van der Waals surface area contributed by atoms with Crippen LogP contribution in [0.4, 0.5) is 5.13 Å². The molecule has 0 saturated heterocycles. The smallest absolute Gasteiger partial charge is 0.202 e. The normalized spacial score (nSPS) is 10.5. The van der Waals surface area contributed by atoms with Crippen molar-refractivity contribution in [1.29, 1.82) is 0 Å². The van der Waals surface area contributed by atoms with E-state index in [2.05, 4.69) is 35.1 Å². The van der Waals surface area contributed by atoms with Crippen LogP contribution in [0.5, 0.6) is 0 Å². The van der Waals surface area contributed by atoms with E-state index >= 15 is 0 Å². The van der Waals surface area contributed by atoms with Gasteiger partial charge >= 0.3 is 0 Å². The van der Waals surface area contributed by atoms with Gasteiger partial charge in [-0.2, -0.15) is 4.37 Å². The van der Waals surface area contributed by atoms with Crippen molar-refractivity contribution in [3.8, 4) is 0 Å². The molecule has 0 spiro atoms. The Balaban J connectivity index is 2.54. The fourth-order valence-electron chi connectivity index (χ4n) is 0.768. The van der Waals surface area contributed by atoms with Crippen molar-refractivity contribution in [3.63, 3.8) is 0 Å². The zero-order valence-electron chi connectivity index (χ0n) is 8.29. The van der Waals surface area contributed by atoms with Gasteiger partial charge in [0, 0.05) is 24.0 Å². The van der Waals surface area contributed by atoms with Gasteiger partial charge in [0.15, 0.2) is 0 Å². The summed E-state index contributed by atoms with van der Waals surface area (Å²) >= 11 is 1.41. The predicted molar refractivity (Wildman–Crippen MR) is 57.3 cm³/mol. The van der Waals surface area contributed by atoms with Crippen LogP contribution in [0.3, 0.4) is 0 Å². The summed E-state index contributed by atoms with van der Waals surface area (Å²) in [5, 5.41) is 4.05. The highest BCUT2D eigenvalue weighted by Gasteiger charge is 2.06. The Kier molecular flexibility index (Phi) is 3.42. The van der Waals surface area contributed by atoms with E-state index in [0.717, 1.165) is 23.1 Å². The van der Waals surface area contributed by atoms with E-state index in [1.807, 2.05) is 6.92 Å². The van der Waals surface area contributed by atoms with Crippen molar-refractivity contribution >= 4 is 16.7 Å². The maximum atomic E-state index is 4.34.